The summed E-state index contributed by atoms with van der Waals surface area (Å²) in [5.74, 6) is 0.924. The Labute approximate surface area is 124 Å². The molecule has 0 aliphatic carbocycles. The van der Waals surface area contributed by atoms with Gasteiger partial charge in [0.2, 0.25) is 11.8 Å². The van der Waals surface area contributed by atoms with E-state index in [1.165, 1.54) is 0 Å². The van der Waals surface area contributed by atoms with Gasteiger partial charge in [0.05, 0.1) is 26.7 Å². The number of ether oxygens (including phenoxy) is 2. The molecule has 0 spiro atoms. The molecule has 0 saturated heterocycles. The van der Waals surface area contributed by atoms with Crippen LogP contribution in [0.2, 0.25) is 0 Å². The minimum atomic E-state index is -0.192. The molecule has 1 aromatic rings. The number of amides is 2. The van der Waals surface area contributed by atoms with E-state index in [4.69, 9.17) is 9.47 Å². The second-order valence-electron chi connectivity index (χ2n) is 4.13. The van der Waals surface area contributed by atoms with Crippen molar-refractivity contribution in [2.45, 2.75) is 0 Å². The van der Waals surface area contributed by atoms with E-state index in [9.17, 15) is 9.59 Å². The average Bonchev–Trinajstić information content (AvgIpc) is 2.51. The van der Waals surface area contributed by atoms with E-state index in [1.807, 2.05) is 12.1 Å². The predicted molar refractivity (Wildman–Crippen MR) is 78.4 cm³/mol. The maximum Gasteiger partial charge on any atom is 0.234 e. The first-order chi connectivity index (χ1) is 10.2. The lowest BCUT2D eigenvalue weighted by Crippen LogP contribution is -2.39. The Balaban J connectivity index is 2.16. The van der Waals surface area contributed by atoms with Crippen molar-refractivity contribution < 1.29 is 19.1 Å². The van der Waals surface area contributed by atoms with E-state index in [0.717, 1.165) is 0 Å². The lowest BCUT2D eigenvalue weighted by atomic mass is 10.3. The molecule has 1 aromatic carbocycles. The number of methoxy groups -OCH3 is 1. The van der Waals surface area contributed by atoms with Crippen LogP contribution in [0.4, 0.5) is 0 Å². The van der Waals surface area contributed by atoms with Crippen LogP contribution in [0.1, 0.15) is 0 Å². The maximum absolute atomic E-state index is 11.5. The molecule has 0 atom stereocenters. The van der Waals surface area contributed by atoms with Crippen molar-refractivity contribution in [3.63, 3.8) is 0 Å². The molecular formula is C14H21N3O4. The third-order valence-electron chi connectivity index (χ3n) is 2.60. The van der Waals surface area contributed by atoms with Crippen LogP contribution in [0.15, 0.2) is 24.3 Å². The highest BCUT2D eigenvalue weighted by Gasteiger charge is 2.04. The average molecular weight is 295 g/mol. The van der Waals surface area contributed by atoms with Crippen LogP contribution in [0, 0.1) is 0 Å². The number of para-hydroxylation sites is 2. The van der Waals surface area contributed by atoms with Crippen molar-refractivity contribution in [3.8, 4) is 11.5 Å². The normalized spacial score (nSPS) is 9.81. The number of carbonyl (C=O) groups is 2. The highest BCUT2D eigenvalue weighted by molar-refractivity contribution is 5.80. The summed E-state index contributed by atoms with van der Waals surface area (Å²) in [5, 5.41) is 7.87. The molecule has 0 aliphatic rings. The molecule has 0 aromatic heterocycles. The van der Waals surface area contributed by atoms with Crippen molar-refractivity contribution in [1.29, 1.82) is 0 Å². The summed E-state index contributed by atoms with van der Waals surface area (Å²) in [6.07, 6.45) is 0. The fourth-order valence-electron chi connectivity index (χ4n) is 1.53. The van der Waals surface area contributed by atoms with Crippen molar-refractivity contribution in [2.24, 2.45) is 0 Å². The molecule has 0 radical (unpaired) electrons. The van der Waals surface area contributed by atoms with Crippen molar-refractivity contribution in [3.05, 3.63) is 24.3 Å². The molecule has 0 fully saturated rings. The molecule has 2 amide bonds. The molecule has 3 N–H and O–H groups in total. The van der Waals surface area contributed by atoms with Gasteiger partial charge in [0, 0.05) is 7.05 Å². The summed E-state index contributed by atoms with van der Waals surface area (Å²) >= 11 is 0. The smallest absolute Gasteiger partial charge is 0.234 e. The van der Waals surface area contributed by atoms with Gasteiger partial charge in [-0.3, -0.25) is 14.9 Å². The largest absolute Gasteiger partial charge is 0.493 e. The lowest BCUT2D eigenvalue weighted by Gasteiger charge is -2.11. The Morgan fingerprint density at radius 2 is 1.76 bits per heavy atom. The van der Waals surface area contributed by atoms with Crippen molar-refractivity contribution in [1.82, 2.24) is 16.0 Å². The fourth-order valence-corrected chi connectivity index (χ4v) is 1.53. The van der Waals surface area contributed by atoms with Gasteiger partial charge in [-0.25, -0.2) is 0 Å². The first-order valence-corrected chi connectivity index (χ1v) is 6.61. The number of likely N-dealkylation sites (N-methyl/N-ethyl adjacent to an activating group) is 1. The molecule has 116 valence electrons. The van der Waals surface area contributed by atoms with Crippen molar-refractivity contribution >= 4 is 11.8 Å². The van der Waals surface area contributed by atoms with E-state index >= 15 is 0 Å². The SMILES string of the molecule is CNC(=O)CNCC(=O)NCCOc1ccccc1OC. The molecule has 0 aliphatic heterocycles. The number of hydrogen-bond acceptors (Lipinski definition) is 5. The summed E-state index contributed by atoms with van der Waals surface area (Å²) in [7, 11) is 3.11. The van der Waals surface area contributed by atoms with Crippen LogP contribution < -0.4 is 25.4 Å². The second kappa shape index (κ2) is 9.60. The molecule has 0 bridgehead atoms. The Kier molecular flexibility index (Phi) is 7.67. The second-order valence-corrected chi connectivity index (χ2v) is 4.13. The highest BCUT2D eigenvalue weighted by atomic mass is 16.5. The lowest BCUT2D eigenvalue weighted by molar-refractivity contribution is -0.121. The number of rotatable bonds is 9. The van der Waals surface area contributed by atoms with Gasteiger partial charge >= 0.3 is 0 Å². The van der Waals surface area contributed by atoms with Gasteiger partial charge in [-0.05, 0) is 12.1 Å². The monoisotopic (exact) mass is 295 g/mol. The Morgan fingerprint density at radius 1 is 1.10 bits per heavy atom. The Morgan fingerprint density at radius 3 is 2.43 bits per heavy atom. The minimum Gasteiger partial charge on any atom is -0.493 e. The first-order valence-electron chi connectivity index (χ1n) is 6.61. The van der Waals surface area contributed by atoms with Crippen LogP contribution >= 0.6 is 0 Å². The topological polar surface area (TPSA) is 88.7 Å². The Bertz CT molecular complexity index is 465. The summed E-state index contributed by atoms with van der Waals surface area (Å²) in [6.45, 7) is 0.907. The summed E-state index contributed by atoms with van der Waals surface area (Å²) < 4.78 is 10.7. The molecular weight excluding hydrogens is 274 g/mol. The number of nitrogens with one attached hydrogen (secondary N) is 3. The van der Waals surface area contributed by atoms with Gasteiger partial charge in [-0.15, -0.1) is 0 Å². The first kappa shape index (κ1) is 16.8. The Hall–Kier alpha value is -2.28. The van der Waals surface area contributed by atoms with Crippen LogP contribution in [-0.2, 0) is 9.59 Å². The fraction of sp³-hybridized carbons (Fsp3) is 0.429. The zero-order chi connectivity index (χ0) is 15.5. The highest BCUT2D eigenvalue weighted by Crippen LogP contribution is 2.25. The quantitative estimate of drug-likeness (QED) is 0.536. The number of benzene rings is 1. The zero-order valence-electron chi connectivity index (χ0n) is 12.3. The van der Waals surface area contributed by atoms with Gasteiger partial charge in [0.15, 0.2) is 11.5 Å². The summed E-state index contributed by atoms with van der Waals surface area (Å²) in [6, 6.07) is 7.30. The predicted octanol–water partition coefficient (Wildman–Crippen LogP) is -0.474. The van der Waals surface area contributed by atoms with Crippen molar-refractivity contribution in [2.75, 3.05) is 40.4 Å². The van der Waals surface area contributed by atoms with E-state index in [1.54, 1.807) is 26.3 Å². The van der Waals surface area contributed by atoms with Crippen LogP contribution in [0.25, 0.3) is 0 Å². The van der Waals surface area contributed by atoms with Crippen LogP contribution in [-0.4, -0.2) is 52.2 Å². The molecule has 0 unspecified atom stereocenters. The molecule has 0 heterocycles. The van der Waals surface area contributed by atoms with E-state index in [-0.39, 0.29) is 24.9 Å². The van der Waals surface area contributed by atoms with E-state index < -0.39 is 0 Å². The van der Waals surface area contributed by atoms with Crippen LogP contribution in [0.3, 0.4) is 0 Å². The summed E-state index contributed by atoms with van der Waals surface area (Å²) in [4.78, 5) is 22.4. The maximum atomic E-state index is 11.5. The van der Waals surface area contributed by atoms with Crippen LogP contribution in [0.5, 0.6) is 11.5 Å². The molecule has 21 heavy (non-hydrogen) atoms. The number of carbonyl (C=O) groups excluding carboxylic acids is 2. The molecule has 7 heteroatoms. The standard InChI is InChI=1S/C14H21N3O4/c1-15-13(18)9-16-10-14(19)17-7-8-21-12-6-4-3-5-11(12)20-2/h3-6,16H,7-10H2,1-2H3,(H,15,18)(H,17,19). The molecule has 0 saturated carbocycles. The summed E-state index contributed by atoms with van der Waals surface area (Å²) in [5.41, 5.74) is 0. The third kappa shape index (κ3) is 6.62. The van der Waals surface area contributed by atoms with Gasteiger partial charge in [0.1, 0.15) is 6.61 Å². The van der Waals surface area contributed by atoms with E-state index in [0.29, 0.717) is 24.7 Å². The number of hydrogen-bond donors (Lipinski definition) is 3. The van der Waals surface area contributed by atoms with Gasteiger partial charge in [-0.2, -0.15) is 0 Å². The van der Waals surface area contributed by atoms with E-state index in [2.05, 4.69) is 16.0 Å². The minimum absolute atomic E-state index is 0.0854. The zero-order valence-corrected chi connectivity index (χ0v) is 12.3. The molecule has 7 nitrogen and oxygen atoms in total. The van der Waals surface area contributed by atoms with Gasteiger partial charge in [0.25, 0.3) is 0 Å². The third-order valence-corrected chi connectivity index (χ3v) is 2.60. The van der Waals surface area contributed by atoms with Gasteiger partial charge < -0.3 is 20.1 Å². The molecule has 1 rings (SSSR count). The van der Waals surface area contributed by atoms with Gasteiger partial charge in [-0.1, -0.05) is 12.1 Å².